The summed E-state index contributed by atoms with van der Waals surface area (Å²) < 4.78 is 16.6. The number of ether oxygens (including phenoxy) is 3. The minimum absolute atomic E-state index is 0.0376. The average Bonchev–Trinajstić information content (AvgIpc) is 3.73. The Morgan fingerprint density at radius 2 is 1.90 bits per heavy atom. The summed E-state index contributed by atoms with van der Waals surface area (Å²) in [7, 11) is 1.52. The number of fused-ring (bicyclic) bond motifs is 5. The standard InChI is InChI=1S/C34H43N7O9/c1-3-19(15-42)20-8-27-32-23(14-41(27)34(47)24(20)16-48-2)22(21-9-28-29(50-18-49-28)10-26(21)40-32)11-37-30(44)13-38-33(46)25(6-4-5-7-35)39-31(45)12-36-17-43/h8-10,15,17,19-20,24-25H,3-7,11-14,16,18,35H2,1-2H3,(H,36,43)(H,37,44)(H,38,46)(H,39,45). The zero-order chi connectivity index (χ0) is 35.8. The number of carbonyl (C=O) groups excluding carboxylic acids is 6. The van der Waals surface area contributed by atoms with E-state index in [1.165, 1.54) is 7.11 Å². The van der Waals surface area contributed by atoms with Crippen molar-refractivity contribution in [2.45, 2.75) is 51.7 Å². The second kappa shape index (κ2) is 16.5. The van der Waals surface area contributed by atoms with Gasteiger partial charge in [0.1, 0.15) is 12.3 Å². The lowest BCUT2D eigenvalue weighted by Crippen LogP contribution is -2.50. The van der Waals surface area contributed by atoms with E-state index < -0.39 is 29.7 Å². The molecule has 1 aromatic heterocycles. The lowest BCUT2D eigenvalue weighted by atomic mass is 9.77. The predicted molar refractivity (Wildman–Crippen MR) is 179 cm³/mol. The number of hydrogen-bond donors (Lipinski definition) is 5. The molecule has 0 spiro atoms. The van der Waals surface area contributed by atoms with E-state index in [2.05, 4.69) is 21.3 Å². The molecule has 268 valence electrons. The number of nitrogens with one attached hydrogen (secondary N) is 4. The highest BCUT2D eigenvalue weighted by atomic mass is 16.7. The smallest absolute Gasteiger partial charge is 0.243 e. The minimum Gasteiger partial charge on any atom is -0.454 e. The molecule has 16 nitrogen and oxygen atoms in total. The van der Waals surface area contributed by atoms with Crippen molar-refractivity contribution in [3.05, 3.63) is 35.0 Å². The van der Waals surface area contributed by atoms with Gasteiger partial charge in [-0.1, -0.05) is 13.0 Å². The summed E-state index contributed by atoms with van der Waals surface area (Å²) in [6.07, 6.45) is 5.27. The van der Waals surface area contributed by atoms with Gasteiger partial charge < -0.3 is 50.9 Å². The van der Waals surface area contributed by atoms with E-state index in [-0.39, 0.29) is 57.3 Å². The summed E-state index contributed by atoms with van der Waals surface area (Å²) in [4.78, 5) is 81.4. The van der Waals surface area contributed by atoms with Gasteiger partial charge in [-0.2, -0.15) is 0 Å². The molecule has 0 fully saturated rings. The number of unbranched alkanes of at least 4 members (excludes halogenated alkanes) is 1. The third-order valence-corrected chi connectivity index (χ3v) is 9.26. The molecule has 0 bridgehead atoms. The fourth-order valence-electron chi connectivity index (χ4n) is 6.67. The number of pyridine rings is 1. The number of carbonyl (C=O) groups is 6. The molecule has 5 amide bonds. The number of nitrogens with two attached hydrogens (primary N) is 1. The van der Waals surface area contributed by atoms with Crippen molar-refractivity contribution < 1.29 is 43.0 Å². The van der Waals surface area contributed by atoms with Crippen molar-refractivity contribution in [3.8, 4) is 11.5 Å². The average molecular weight is 694 g/mol. The molecule has 3 aliphatic heterocycles. The van der Waals surface area contributed by atoms with Crippen LogP contribution in [0.3, 0.4) is 0 Å². The maximum absolute atomic E-state index is 13.9. The maximum atomic E-state index is 13.9. The number of allylic oxidation sites excluding steroid dienone is 1. The zero-order valence-corrected chi connectivity index (χ0v) is 28.1. The number of benzene rings is 1. The van der Waals surface area contributed by atoms with Crippen molar-refractivity contribution in [1.29, 1.82) is 0 Å². The van der Waals surface area contributed by atoms with Gasteiger partial charge >= 0.3 is 0 Å². The molecule has 0 aliphatic carbocycles. The van der Waals surface area contributed by atoms with Crippen LogP contribution < -0.4 is 36.5 Å². The van der Waals surface area contributed by atoms with Gasteiger partial charge in [-0.25, -0.2) is 4.98 Å². The minimum atomic E-state index is -0.924. The highest BCUT2D eigenvalue weighted by Gasteiger charge is 2.45. The number of nitrogens with zero attached hydrogens (tertiary/aromatic N) is 2. The molecule has 50 heavy (non-hydrogen) atoms. The normalized spacial score (nSPS) is 18.4. The summed E-state index contributed by atoms with van der Waals surface area (Å²) in [6, 6.07) is 2.63. The Hall–Kier alpha value is -5.09. The van der Waals surface area contributed by atoms with Gasteiger partial charge in [0.2, 0.25) is 36.8 Å². The summed E-state index contributed by atoms with van der Waals surface area (Å²) in [5.41, 5.74) is 8.77. The Labute approximate surface area is 288 Å². The van der Waals surface area contributed by atoms with E-state index in [0.717, 1.165) is 11.8 Å². The molecule has 4 unspecified atom stereocenters. The molecule has 0 saturated carbocycles. The first-order valence-corrected chi connectivity index (χ1v) is 16.7. The van der Waals surface area contributed by atoms with E-state index in [1.54, 1.807) is 17.0 Å². The largest absolute Gasteiger partial charge is 0.454 e. The van der Waals surface area contributed by atoms with Crippen LogP contribution in [-0.2, 0) is 46.6 Å². The van der Waals surface area contributed by atoms with E-state index in [9.17, 15) is 28.8 Å². The third kappa shape index (κ3) is 7.70. The Morgan fingerprint density at radius 1 is 1.12 bits per heavy atom. The van der Waals surface area contributed by atoms with Gasteiger partial charge in [0.25, 0.3) is 0 Å². The fourth-order valence-corrected chi connectivity index (χ4v) is 6.67. The second-order valence-corrected chi connectivity index (χ2v) is 12.4. The Balaban J connectivity index is 1.39. The Morgan fingerprint density at radius 3 is 2.60 bits per heavy atom. The van der Waals surface area contributed by atoms with E-state index in [1.807, 2.05) is 13.0 Å². The molecule has 4 heterocycles. The zero-order valence-electron chi connectivity index (χ0n) is 28.1. The summed E-state index contributed by atoms with van der Waals surface area (Å²) >= 11 is 0. The van der Waals surface area contributed by atoms with Gasteiger partial charge in [0, 0.05) is 42.5 Å². The van der Waals surface area contributed by atoms with Crippen LogP contribution in [0.15, 0.2) is 18.2 Å². The maximum Gasteiger partial charge on any atom is 0.243 e. The second-order valence-electron chi connectivity index (χ2n) is 12.4. The number of rotatable bonds is 18. The first-order valence-electron chi connectivity index (χ1n) is 16.7. The Kier molecular flexibility index (Phi) is 12.0. The van der Waals surface area contributed by atoms with Crippen molar-refractivity contribution in [3.63, 3.8) is 0 Å². The lowest BCUT2D eigenvalue weighted by Gasteiger charge is -2.36. The molecular formula is C34H43N7O9. The first kappa shape index (κ1) is 36.2. The molecule has 4 atom stereocenters. The van der Waals surface area contributed by atoms with E-state index in [4.69, 9.17) is 24.9 Å². The molecule has 0 saturated heterocycles. The molecule has 6 N–H and O–H groups in total. The number of aromatic nitrogens is 1. The fraction of sp³-hybridized carbons (Fsp3) is 0.500. The SMILES string of the molecule is CCC(C=O)C1C=C2c3nc4cc5c(cc4c(CNC(=O)CNC(=O)C(CCCCN)NC(=O)CNC=O)c3CN2C(=O)C1COC)OCO5. The van der Waals surface area contributed by atoms with Crippen LogP contribution >= 0.6 is 0 Å². The molecule has 1 aromatic carbocycles. The van der Waals surface area contributed by atoms with Crippen LogP contribution in [0.5, 0.6) is 11.5 Å². The predicted octanol–water partition coefficient (Wildman–Crippen LogP) is -0.144. The highest BCUT2D eigenvalue weighted by Crippen LogP contribution is 2.45. The number of aldehydes is 1. The molecule has 0 radical (unpaired) electrons. The van der Waals surface area contributed by atoms with E-state index >= 15 is 0 Å². The van der Waals surface area contributed by atoms with Crippen LogP contribution in [0.25, 0.3) is 16.6 Å². The molecule has 3 aliphatic rings. The monoisotopic (exact) mass is 693 g/mol. The van der Waals surface area contributed by atoms with Crippen LogP contribution in [0.4, 0.5) is 0 Å². The first-order chi connectivity index (χ1) is 24.2. The summed E-state index contributed by atoms with van der Waals surface area (Å²) in [5.74, 6) is -2.03. The van der Waals surface area contributed by atoms with Crippen molar-refractivity contribution in [1.82, 2.24) is 31.2 Å². The van der Waals surface area contributed by atoms with Gasteiger partial charge in [0.05, 0.1) is 49.1 Å². The number of methoxy groups -OCH3 is 1. The topological polar surface area (TPSA) is 220 Å². The summed E-state index contributed by atoms with van der Waals surface area (Å²) in [6.45, 7) is 2.11. The quantitative estimate of drug-likeness (QED) is 0.102. The van der Waals surface area contributed by atoms with Crippen molar-refractivity contribution >= 4 is 52.9 Å². The van der Waals surface area contributed by atoms with Crippen molar-refractivity contribution in [2.24, 2.45) is 23.5 Å². The molecule has 16 heteroatoms. The molecule has 5 rings (SSSR count). The van der Waals surface area contributed by atoms with Crippen LogP contribution in [-0.4, -0.2) is 92.4 Å². The lowest BCUT2D eigenvalue weighted by molar-refractivity contribution is -0.137. The highest BCUT2D eigenvalue weighted by molar-refractivity contribution is 5.97. The van der Waals surface area contributed by atoms with Crippen molar-refractivity contribution in [2.75, 3.05) is 40.1 Å². The molecule has 2 aromatic rings. The number of hydrogen-bond acceptors (Lipinski definition) is 11. The van der Waals surface area contributed by atoms with Gasteiger partial charge in [-0.15, -0.1) is 0 Å². The van der Waals surface area contributed by atoms with Gasteiger partial charge in [-0.3, -0.25) is 24.0 Å². The van der Waals surface area contributed by atoms with Gasteiger partial charge in [-0.05, 0) is 43.9 Å². The van der Waals surface area contributed by atoms with E-state index in [0.29, 0.717) is 78.0 Å². The van der Waals surface area contributed by atoms with Crippen LogP contribution in [0, 0.1) is 17.8 Å². The van der Waals surface area contributed by atoms with Gasteiger partial charge in [0.15, 0.2) is 11.5 Å². The van der Waals surface area contributed by atoms with Crippen LogP contribution in [0.2, 0.25) is 0 Å². The van der Waals surface area contributed by atoms with Crippen LogP contribution in [0.1, 0.15) is 49.4 Å². The molecular weight excluding hydrogens is 650 g/mol. The third-order valence-electron chi connectivity index (χ3n) is 9.26. The number of amides is 5. The Bertz CT molecular complexity index is 1680. The summed E-state index contributed by atoms with van der Waals surface area (Å²) in [5, 5.41) is 11.0.